The summed E-state index contributed by atoms with van der Waals surface area (Å²) in [6.07, 6.45) is 7.22. The van der Waals surface area contributed by atoms with Crippen LogP contribution in [-0.2, 0) is 26.7 Å². The minimum atomic E-state index is -3.22. The van der Waals surface area contributed by atoms with E-state index >= 15 is 0 Å². The largest absolute Gasteiger partial charge is 0.494 e. The monoisotopic (exact) mass is 478 g/mol. The van der Waals surface area contributed by atoms with Gasteiger partial charge in [0.25, 0.3) is 0 Å². The SMILES string of the molecule is CC1(OC(=O)N2CCC(CCCOc3ccc4c(c3)C(C)(C)CN(S(C)(=O)=O)C4)CC2)CC1. The van der Waals surface area contributed by atoms with Crippen LogP contribution in [0.1, 0.15) is 70.4 Å². The van der Waals surface area contributed by atoms with Crippen molar-refractivity contribution in [1.29, 1.82) is 0 Å². The lowest BCUT2D eigenvalue weighted by Crippen LogP contribution is -2.44. The zero-order valence-electron chi connectivity index (χ0n) is 20.4. The van der Waals surface area contributed by atoms with Crippen LogP contribution in [0.15, 0.2) is 18.2 Å². The van der Waals surface area contributed by atoms with Crippen molar-refractivity contribution in [3.8, 4) is 5.75 Å². The molecule has 1 aromatic carbocycles. The lowest BCUT2D eigenvalue weighted by Gasteiger charge is -2.38. The van der Waals surface area contributed by atoms with Crippen molar-refractivity contribution in [2.75, 3.05) is 32.5 Å². The van der Waals surface area contributed by atoms with E-state index in [2.05, 4.69) is 19.9 Å². The van der Waals surface area contributed by atoms with Crippen molar-refractivity contribution in [3.63, 3.8) is 0 Å². The third-order valence-electron chi connectivity index (χ3n) is 7.38. The van der Waals surface area contributed by atoms with E-state index in [9.17, 15) is 13.2 Å². The molecule has 2 aliphatic heterocycles. The van der Waals surface area contributed by atoms with Crippen molar-refractivity contribution in [2.24, 2.45) is 5.92 Å². The highest BCUT2D eigenvalue weighted by molar-refractivity contribution is 7.88. The normalized spacial score (nSPS) is 22.5. The van der Waals surface area contributed by atoms with Gasteiger partial charge in [0.05, 0.1) is 12.9 Å². The zero-order chi connectivity index (χ0) is 23.9. The maximum Gasteiger partial charge on any atom is 0.410 e. The highest BCUT2D eigenvalue weighted by atomic mass is 32.2. The van der Waals surface area contributed by atoms with Gasteiger partial charge in [-0.25, -0.2) is 13.2 Å². The number of carbonyl (C=O) groups is 1. The number of nitrogens with zero attached hydrogens (tertiary/aromatic N) is 2. The second-order valence-electron chi connectivity index (χ2n) is 11.0. The molecule has 8 heteroatoms. The lowest BCUT2D eigenvalue weighted by atomic mass is 9.79. The fourth-order valence-electron chi connectivity index (χ4n) is 4.94. The number of hydrogen-bond acceptors (Lipinski definition) is 5. The molecule has 1 aliphatic carbocycles. The van der Waals surface area contributed by atoms with E-state index in [1.807, 2.05) is 24.0 Å². The smallest absolute Gasteiger partial charge is 0.410 e. The molecule has 0 N–H and O–H groups in total. The Labute approximate surface area is 198 Å². The number of ether oxygens (including phenoxy) is 2. The van der Waals surface area contributed by atoms with Crippen molar-refractivity contribution in [1.82, 2.24) is 9.21 Å². The first-order chi connectivity index (χ1) is 15.5. The number of piperidine rings is 1. The minimum absolute atomic E-state index is 0.147. The Kier molecular flexibility index (Phi) is 6.71. The van der Waals surface area contributed by atoms with Gasteiger partial charge in [0.2, 0.25) is 10.0 Å². The molecule has 184 valence electrons. The van der Waals surface area contributed by atoms with E-state index in [0.717, 1.165) is 62.9 Å². The third-order valence-corrected chi connectivity index (χ3v) is 8.58. The molecule has 1 aromatic rings. The van der Waals surface area contributed by atoms with Gasteiger partial charge >= 0.3 is 6.09 Å². The number of amides is 1. The molecule has 33 heavy (non-hydrogen) atoms. The van der Waals surface area contributed by atoms with Gasteiger partial charge in [0.15, 0.2) is 0 Å². The second-order valence-corrected chi connectivity index (χ2v) is 13.0. The molecule has 1 saturated carbocycles. The van der Waals surface area contributed by atoms with Crippen LogP contribution >= 0.6 is 0 Å². The molecule has 0 atom stereocenters. The average Bonchev–Trinajstić information content (AvgIpc) is 3.47. The number of sulfonamides is 1. The van der Waals surface area contributed by atoms with Gasteiger partial charge in [-0.05, 0) is 74.6 Å². The summed E-state index contributed by atoms with van der Waals surface area (Å²) in [5.74, 6) is 1.47. The van der Waals surface area contributed by atoms with Crippen LogP contribution in [0.3, 0.4) is 0 Å². The fourth-order valence-corrected chi connectivity index (χ4v) is 5.87. The molecule has 0 bridgehead atoms. The van der Waals surface area contributed by atoms with E-state index in [1.165, 1.54) is 11.8 Å². The van der Waals surface area contributed by atoms with Gasteiger partial charge < -0.3 is 14.4 Å². The number of carbonyl (C=O) groups excluding carboxylic acids is 1. The van der Waals surface area contributed by atoms with Gasteiger partial charge in [-0.15, -0.1) is 0 Å². The van der Waals surface area contributed by atoms with Crippen LogP contribution in [0, 0.1) is 5.92 Å². The number of hydrogen-bond donors (Lipinski definition) is 0. The zero-order valence-corrected chi connectivity index (χ0v) is 21.2. The quantitative estimate of drug-likeness (QED) is 0.546. The van der Waals surface area contributed by atoms with Crippen LogP contribution in [0.5, 0.6) is 5.75 Å². The molecule has 2 heterocycles. The molecule has 3 aliphatic rings. The first kappa shape index (κ1) is 24.3. The topological polar surface area (TPSA) is 76.2 Å². The van der Waals surface area contributed by atoms with Crippen LogP contribution in [-0.4, -0.2) is 61.8 Å². The Balaban J connectivity index is 1.21. The molecular formula is C25H38N2O5S. The van der Waals surface area contributed by atoms with Crippen molar-refractivity contribution in [2.45, 2.75) is 76.9 Å². The Morgan fingerprint density at radius 3 is 2.48 bits per heavy atom. The van der Waals surface area contributed by atoms with E-state index in [1.54, 1.807) is 4.31 Å². The molecule has 2 fully saturated rings. The van der Waals surface area contributed by atoms with E-state index in [0.29, 0.717) is 25.6 Å². The Morgan fingerprint density at radius 2 is 1.85 bits per heavy atom. The first-order valence-corrected chi connectivity index (χ1v) is 14.0. The third kappa shape index (κ3) is 6.01. The molecule has 0 aromatic heterocycles. The van der Waals surface area contributed by atoms with Gasteiger partial charge in [-0.1, -0.05) is 19.9 Å². The summed E-state index contributed by atoms with van der Waals surface area (Å²) in [7, 11) is -3.22. The first-order valence-electron chi connectivity index (χ1n) is 12.1. The van der Waals surface area contributed by atoms with Crippen LogP contribution in [0.2, 0.25) is 0 Å². The van der Waals surface area contributed by atoms with E-state index in [4.69, 9.17) is 9.47 Å². The van der Waals surface area contributed by atoms with Gasteiger partial charge in [-0.3, -0.25) is 0 Å². The number of benzene rings is 1. The highest BCUT2D eigenvalue weighted by Crippen LogP contribution is 2.39. The number of fused-ring (bicyclic) bond motifs is 1. The Hall–Kier alpha value is -1.80. The summed E-state index contributed by atoms with van der Waals surface area (Å²) in [6.45, 7) is 9.30. The summed E-state index contributed by atoms with van der Waals surface area (Å²) in [6, 6.07) is 6.03. The van der Waals surface area contributed by atoms with Crippen molar-refractivity contribution in [3.05, 3.63) is 29.3 Å². The van der Waals surface area contributed by atoms with Crippen molar-refractivity contribution >= 4 is 16.1 Å². The van der Waals surface area contributed by atoms with Gasteiger partial charge in [0.1, 0.15) is 11.4 Å². The van der Waals surface area contributed by atoms with Crippen molar-refractivity contribution < 1.29 is 22.7 Å². The van der Waals surface area contributed by atoms with Crippen LogP contribution < -0.4 is 4.74 Å². The minimum Gasteiger partial charge on any atom is -0.494 e. The maximum absolute atomic E-state index is 12.2. The Morgan fingerprint density at radius 1 is 1.15 bits per heavy atom. The van der Waals surface area contributed by atoms with E-state index in [-0.39, 0.29) is 17.1 Å². The molecule has 4 rings (SSSR count). The molecule has 7 nitrogen and oxygen atoms in total. The molecular weight excluding hydrogens is 440 g/mol. The summed E-state index contributed by atoms with van der Waals surface area (Å²) in [4.78, 5) is 14.1. The highest BCUT2D eigenvalue weighted by Gasteiger charge is 2.43. The predicted molar refractivity (Wildman–Crippen MR) is 128 cm³/mol. The molecule has 1 amide bonds. The standard InChI is InChI=1S/C25H38N2O5S/c1-24(2)18-27(33(4,29)30)17-20-7-8-21(16-22(20)24)31-15-5-6-19-9-13-26(14-10-19)23(28)32-25(3)11-12-25/h7-8,16,19H,5-6,9-15,17-18H2,1-4H3. The van der Waals surface area contributed by atoms with Gasteiger partial charge in [0, 0.05) is 31.6 Å². The maximum atomic E-state index is 12.2. The van der Waals surface area contributed by atoms with Crippen LogP contribution in [0.25, 0.3) is 0 Å². The van der Waals surface area contributed by atoms with E-state index < -0.39 is 10.0 Å². The summed E-state index contributed by atoms with van der Waals surface area (Å²) < 4.78 is 37.3. The predicted octanol–water partition coefficient (Wildman–Crippen LogP) is 4.30. The molecule has 0 radical (unpaired) electrons. The summed E-state index contributed by atoms with van der Waals surface area (Å²) >= 11 is 0. The number of likely N-dealkylation sites (tertiary alicyclic amines) is 1. The number of rotatable bonds is 7. The fraction of sp³-hybridized carbons (Fsp3) is 0.720. The second kappa shape index (κ2) is 9.10. The summed E-state index contributed by atoms with van der Waals surface area (Å²) in [5, 5.41) is 0. The molecule has 0 unspecified atom stereocenters. The molecule has 0 spiro atoms. The summed E-state index contributed by atoms with van der Waals surface area (Å²) in [5.41, 5.74) is 1.75. The van der Waals surface area contributed by atoms with Crippen LogP contribution in [0.4, 0.5) is 4.79 Å². The average molecular weight is 479 g/mol. The lowest BCUT2D eigenvalue weighted by molar-refractivity contribution is 0.0482. The van der Waals surface area contributed by atoms with Gasteiger partial charge in [-0.2, -0.15) is 4.31 Å². The molecule has 1 saturated heterocycles. The Bertz CT molecular complexity index is 979.